The molecule has 0 bridgehead atoms. The average Bonchev–Trinajstić information content (AvgIpc) is 2.82. The van der Waals surface area contributed by atoms with Crippen LogP contribution in [-0.2, 0) is 17.8 Å². The van der Waals surface area contributed by atoms with Crippen molar-refractivity contribution in [3.05, 3.63) is 106 Å². The van der Waals surface area contributed by atoms with Gasteiger partial charge in [-0.15, -0.1) is 0 Å². The fraction of sp³-hybridized carbons (Fsp3) is 0.120. The molecule has 3 aromatic carbocycles. The molecular formula is C25H20F2N2O3. The van der Waals surface area contributed by atoms with Crippen LogP contribution in [0.15, 0.2) is 66.7 Å². The van der Waals surface area contributed by atoms with Gasteiger partial charge in [0.2, 0.25) is 0 Å². The van der Waals surface area contributed by atoms with Crippen LogP contribution in [0.5, 0.6) is 0 Å². The fourth-order valence-corrected chi connectivity index (χ4v) is 3.73. The Morgan fingerprint density at radius 2 is 1.50 bits per heavy atom. The van der Waals surface area contributed by atoms with E-state index in [1.165, 1.54) is 36.4 Å². The summed E-state index contributed by atoms with van der Waals surface area (Å²) in [7, 11) is 0. The molecule has 3 aromatic rings. The van der Waals surface area contributed by atoms with Gasteiger partial charge in [0.15, 0.2) is 0 Å². The lowest BCUT2D eigenvalue weighted by molar-refractivity contribution is -0.125. The van der Waals surface area contributed by atoms with Crippen molar-refractivity contribution in [2.75, 3.05) is 6.54 Å². The maximum atomic E-state index is 13.5. The van der Waals surface area contributed by atoms with E-state index in [0.717, 1.165) is 11.1 Å². The van der Waals surface area contributed by atoms with Crippen molar-refractivity contribution in [1.29, 1.82) is 0 Å². The van der Waals surface area contributed by atoms with E-state index in [2.05, 4.69) is 0 Å². The molecule has 5 nitrogen and oxygen atoms in total. The van der Waals surface area contributed by atoms with Crippen LogP contribution in [0, 0.1) is 11.6 Å². The molecule has 0 spiro atoms. The molecule has 32 heavy (non-hydrogen) atoms. The second-order valence-corrected chi connectivity index (χ2v) is 7.52. The number of nitrogens with zero attached hydrogens (tertiary/aromatic N) is 1. The van der Waals surface area contributed by atoms with E-state index < -0.39 is 11.7 Å². The van der Waals surface area contributed by atoms with Gasteiger partial charge in [0.05, 0.1) is 0 Å². The van der Waals surface area contributed by atoms with E-state index in [4.69, 9.17) is 5.21 Å². The molecule has 0 atom stereocenters. The van der Waals surface area contributed by atoms with Gasteiger partial charge in [0, 0.05) is 24.2 Å². The molecule has 4 rings (SSSR count). The Morgan fingerprint density at radius 3 is 2.16 bits per heavy atom. The summed E-state index contributed by atoms with van der Waals surface area (Å²) < 4.78 is 26.8. The van der Waals surface area contributed by atoms with Gasteiger partial charge in [-0.1, -0.05) is 30.3 Å². The normalized spacial score (nSPS) is 13.5. The van der Waals surface area contributed by atoms with Crippen LogP contribution in [-0.4, -0.2) is 28.5 Å². The monoisotopic (exact) mass is 434 g/mol. The topological polar surface area (TPSA) is 69.6 Å². The van der Waals surface area contributed by atoms with Crippen molar-refractivity contribution in [3.63, 3.8) is 0 Å². The standard InChI is InChI=1S/C25H20F2N2O3/c26-21-7-1-16(2-8-21)13-23(18-5-9-22(27)10-6-18)25(31)29-12-11-17-3-4-19(24(30)28-32)14-20(17)15-29/h1-10,13-14,32H,11-12,15H2,(H,28,30). The highest BCUT2D eigenvalue weighted by Gasteiger charge is 2.25. The van der Waals surface area contributed by atoms with E-state index in [-0.39, 0.29) is 18.3 Å². The highest BCUT2D eigenvalue weighted by molar-refractivity contribution is 6.24. The molecule has 0 aliphatic carbocycles. The molecular weight excluding hydrogens is 414 g/mol. The van der Waals surface area contributed by atoms with Gasteiger partial charge in [-0.25, -0.2) is 14.3 Å². The van der Waals surface area contributed by atoms with Crippen LogP contribution >= 0.6 is 0 Å². The van der Waals surface area contributed by atoms with Crippen LogP contribution in [0.3, 0.4) is 0 Å². The molecule has 0 saturated carbocycles. The zero-order chi connectivity index (χ0) is 22.7. The summed E-state index contributed by atoms with van der Waals surface area (Å²) in [5.41, 5.74) is 5.27. The highest BCUT2D eigenvalue weighted by atomic mass is 19.1. The molecule has 0 radical (unpaired) electrons. The van der Waals surface area contributed by atoms with Crippen LogP contribution in [0.2, 0.25) is 0 Å². The van der Waals surface area contributed by atoms with Crippen molar-refractivity contribution in [2.24, 2.45) is 0 Å². The van der Waals surface area contributed by atoms with Crippen LogP contribution in [0.4, 0.5) is 8.78 Å². The molecule has 1 aliphatic heterocycles. The van der Waals surface area contributed by atoms with Gasteiger partial charge in [-0.2, -0.15) is 0 Å². The Balaban J connectivity index is 1.68. The lowest BCUT2D eigenvalue weighted by Gasteiger charge is -2.30. The Labute approximate surface area is 183 Å². The first-order valence-corrected chi connectivity index (χ1v) is 10.0. The van der Waals surface area contributed by atoms with E-state index in [0.29, 0.717) is 35.2 Å². The number of halogens is 2. The Kier molecular flexibility index (Phi) is 6.09. The Morgan fingerprint density at radius 1 is 0.875 bits per heavy atom. The molecule has 162 valence electrons. The first-order chi connectivity index (χ1) is 15.4. The molecule has 0 saturated heterocycles. The molecule has 1 aliphatic rings. The molecule has 2 amide bonds. The zero-order valence-electron chi connectivity index (χ0n) is 17.0. The second-order valence-electron chi connectivity index (χ2n) is 7.52. The van der Waals surface area contributed by atoms with Gasteiger partial charge in [0.1, 0.15) is 11.6 Å². The van der Waals surface area contributed by atoms with Gasteiger partial charge < -0.3 is 4.90 Å². The SMILES string of the molecule is O=C(NO)c1ccc2c(c1)CN(C(=O)C(=Cc1ccc(F)cc1)c1ccc(F)cc1)CC2. The van der Waals surface area contributed by atoms with Crippen molar-refractivity contribution >= 4 is 23.5 Å². The molecule has 7 heteroatoms. The first-order valence-electron chi connectivity index (χ1n) is 10.0. The third-order valence-electron chi connectivity index (χ3n) is 5.44. The summed E-state index contributed by atoms with van der Waals surface area (Å²) in [4.78, 5) is 26.9. The third kappa shape index (κ3) is 4.58. The zero-order valence-corrected chi connectivity index (χ0v) is 17.0. The van der Waals surface area contributed by atoms with E-state index in [9.17, 15) is 18.4 Å². The van der Waals surface area contributed by atoms with Gasteiger partial charge in [-0.3, -0.25) is 14.8 Å². The van der Waals surface area contributed by atoms with Crippen LogP contribution < -0.4 is 5.48 Å². The number of carbonyl (C=O) groups excluding carboxylic acids is 2. The predicted octanol–water partition coefficient (Wildman–Crippen LogP) is 4.21. The molecule has 1 heterocycles. The summed E-state index contributed by atoms with van der Waals surface area (Å²) in [6, 6.07) is 16.5. The summed E-state index contributed by atoms with van der Waals surface area (Å²) >= 11 is 0. The number of carbonyl (C=O) groups is 2. The number of amides is 2. The van der Waals surface area contributed by atoms with E-state index in [1.807, 2.05) is 6.07 Å². The molecule has 0 aromatic heterocycles. The van der Waals surface area contributed by atoms with Crippen molar-refractivity contribution in [1.82, 2.24) is 10.4 Å². The number of fused-ring (bicyclic) bond motifs is 1. The molecule has 2 N–H and O–H groups in total. The highest BCUT2D eigenvalue weighted by Crippen LogP contribution is 2.26. The number of hydrogen-bond donors (Lipinski definition) is 2. The van der Waals surface area contributed by atoms with E-state index >= 15 is 0 Å². The first kappa shape index (κ1) is 21.4. The molecule has 0 fully saturated rings. The van der Waals surface area contributed by atoms with Crippen LogP contribution in [0.25, 0.3) is 11.6 Å². The predicted molar refractivity (Wildman–Crippen MR) is 115 cm³/mol. The fourth-order valence-electron chi connectivity index (χ4n) is 3.73. The van der Waals surface area contributed by atoms with Gasteiger partial charge in [-0.05, 0) is 71.1 Å². The molecule has 0 unspecified atom stereocenters. The largest absolute Gasteiger partial charge is 0.334 e. The minimum Gasteiger partial charge on any atom is -0.334 e. The Bertz CT molecular complexity index is 1190. The third-order valence-corrected chi connectivity index (χ3v) is 5.44. The number of rotatable bonds is 4. The Hall–Kier alpha value is -3.84. The minimum atomic E-state index is -0.626. The van der Waals surface area contributed by atoms with E-state index in [1.54, 1.807) is 40.7 Å². The van der Waals surface area contributed by atoms with Crippen LogP contribution in [0.1, 0.15) is 32.6 Å². The smallest absolute Gasteiger partial charge is 0.274 e. The van der Waals surface area contributed by atoms with Crippen molar-refractivity contribution in [3.8, 4) is 0 Å². The summed E-state index contributed by atoms with van der Waals surface area (Å²) in [5, 5.41) is 8.89. The maximum absolute atomic E-state index is 13.5. The summed E-state index contributed by atoms with van der Waals surface area (Å²) in [5.74, 6) is -1.68. The average molecular weight is 434 g/mol. The number of nitrogens with one attached hydrogen (secondary N) is 1. The number of benzene rings is 3. The quantitative estimate of drug-likeness (QED) is 0.280. The maximum Gasteiger partial charge on any atom is 0.274 e. The second kappa shape index (κ2) is 9.11. The summed E-state index contributed by atoms with van der Waals surface area (Å²) in [6.07, 6.45) is 2.26. The summed E-state index contributed by atoms with van der Waals surface area (Å²) in [6.45, 7) is 0.752. The van der Waals surface area contributed by atoms with Gasteiger partial charge in [0.25, 0.3) is 11.8 Å². The number of hydroxylamine groups is 1. The lowest BCUT2D eigenvalue weighted by atomic mass is 9.95. The van der Waals surface area contributed by atoms with Crippen molar-refractivity contribution in [2.45, 2.75) is 13.0 Å². The minimum absolute atomic E-state index is 0.261. The number of hydrogen-bond acceptors (Lipinski definition) is 3. The lowest BCUT2D eigenvalue weighted by Crippen LogP contribution is -2.36. The van der Waals surface area contributed by atoms with Gasteiger partial charge >= 0.3 is 0 Å². The van der Waals surface area contributed by atoms with Crippen molar-refractivity contribution < 1.29 is 23.6 Å².